The van der Waals surface area contributed by atoms with E-state index in [0.29, 0.717) is 37.8 Å². The number of nitriles is 1. The molecule has 0 radical (unpaired) electrons. The lowest BCUT2D eigenvalue weighted by atomic mass is 9.78. The lowest BCUT2D eigenvalue weighted by Gasteiger charge is -2.38. The van der Waals surface area contributed by atoms with Crippen molar-refractivity contribution in [3.63, 3.8) is 0 Å². The van der Waals surface area contributed by atoms with Crippen molar-refractivity contribution >= 4 is 11.7 Å². The highest BCUT2D eigenvalue weighted by atomic mass is 16.4. The minimum Gasteiger partial charge on any atom is -0.481 e. The maximum atomic E-state index is 11.0. The van der Waals surface area contributed by atoms with Crippen molar-refractivity contribution in [3.05, 3.63) is 29.8 Å². The van der Waals surface area contributed by atoms with Crippen LogP contribution in [0.4, 0.5) is 5.69 Å². The highest BCUT2D eigenvalue weighted by Crippen LogP contribution is 2.34. The Balaban J connectivity index is 2.04. The largest absolute Gasteiger partial charge is 0.481 e. The quantitative estimate of drug-likeness (QED) is 0.885. The van der Waals surface area contributed by atoms with E-state index in [9.17, 15) is 9.90 Å². The highest BCUT2D eigenvalue weighted by Gasteiger charge is 2.36. The third kappa shape index (κ3) is 3.53. The predicted molar refractivity (Wildman–Crippen MR) is 79.0 cm³/mol. The van der Waals surface area contributed by atoms with Gasteiger partial charge in [-0.15, -0.1) is 0 Å². The minimum atomic E-state index is -0.886. The summed E-state index contributed by atoms with van der Waals surface area (Å²) >= 11 is 0. The normalized spacial score (nSPS) is 25.1. The van der Waals surface area contributed by atoms with Crippen LogP contribution in [-0.2, 0) is 4.79 Å². The van der Waals surface area contributed by atoms with Crippen LogP contribution in [0.1, 0.15) is 31.2 Å². The van der Waals surface area contributed by atoms with Crippen LogP contribution in [0, 0.1) is 17.2 Å². The van der Waals surface area contributed by atoms with E-state index in [2.05, 4.69) is 6.07 Å². The van der Waals surface area contributed by atoms with E-state index in [4.69, 9.17) is 10.4 Å². The van der Waals surface area contributed by atoms with E-state index in [0.717, 1.165) is 5.69 Å². The van der Waals surface area contributed by atoms with Crippen LogP contribution in [0.5, 0.6) is 0 Å². The fraction of sp³-hybridized carbons (Fsp3) is 0.500. The number of nitrogens with zero attached hydrogens (tertiary/aromatic N) is 2. The van der Waals surface area contributed by atoms with Gasteiger partial charge in [-0.1, -0.05) is 12.1 Å². The Labute approximate surface area is 124 Å². The zero-order valence-corrected chi connectivity index (χ0v) is 12.1. The highest BCUT2D eigenvalue weighted by molar-refractivity contribution is 5.70. The number of carbonyl (C=O) groups is 1. The lowest BCUT2D eigenvalue weighted by Crippen LogP contribution is -2.45. The number of hydrogen-bond acceptors (Lipinski definition) is 4. The zero-order valence-electron chi connectivity index (χ0n) is 12.1. The Morgan fingerprint density at radius 3 is 2.62 bits per heavy atom. The fourth-order valence-electron chi connectivity index (χ4n) is 2.99. The second-order valence-corrected chi connectivity index (χ2v) is 5.82. The van der Waals surface area contributed by atoms with Gasteiger partial charge in [0.2, 0.25) is 0 Å². The van der Waals surface area contributed by atoms with Gasteiger partial charge >= 0.3 is 5.97 Å². The van der Waals surface area contributed by atoms with Crippen molar-refractivity contribution in [1.29, 1.82) is 5.26 Å². The predicted octanol–water partition coefficient (Wildman–Crippen LogP) is 2.00. The Morgan fingerprint density at radius 2 is 2.05 bits per heavy atom. The lowest BCUT2D eigenvalue weighted by molar-refractivity contribution is -0.144. The summed E-state index contributed by atoms with van der Waals surface area (Å²) in [5.41, 5.74) is 0.472. The van der Waals surface area contributed by atoms with Crippen molar-refractivity contribution in [2.24, 2.45) is 5.92 Å². The van der Waals surface area contributed by atoms with E-state index in [1.165, 1.54) is 0 Å². The van der Waals surface area contributed by atoms with Gasteiger partial charge in [0.25, 0.3) is 0 Å². The molecule has 0 amide bonds. The smallest absolute Gasteiger partial charge is 0.306 e. The number of aliphatic hydroxyl groups is 1. The minimum absolute atomic E-state index is 0.345. The molecular weight excluding hydrogens is 268 g/mol. The van der Waals surface area contributed by atoms with Gasteiger partial charge < -0.3 is 15.1 Å². The van der Waals surface area contributed by atoms with Crippen molar-refractivity contribution < 1.29 is 15.0 Å². The Hall–Kier alpha value is -2.06. The number of carboxylic acids is 1. The van der Waals surface area contributed by atoms with E-state index in [-0.39, 0.29) is 5.92 Å². The summed E-state index contributed by atoms with van der Waals surface area (Å²) in [4.78, 5) is 12.8. The van der Waals surface area contributed by atoms with Crippen LogP contribution in [0.15, 0.2) is 24.3 Å². The first kappa shape index (κ1) is 15.3. The molecule has 1 aliphatic carbocycles. The molecule has 0 saturated heterocycles. The van der Waals surface area contributed by atoms with Gasteiger partial charge in [-0.25, -0.2) is 0 Å². The monoisotopic (exact) mass is 288 g/mol. The van der Waals surface area contributed by atoms with Gasteiger partial charge in [0.15, 0.2) is 0 Å². The Bertz CT molecular complexity index is 557. The third-order valence-electron chi connectivity index (χ3n) is 4.23. The molecule has 1 aromatic carbocycles. The van der Waals surface area contributed by atoms with Gasteiger partial charge in [-0.05, 0) is 37.8 Å². The molecule has 5 nitrogen and oxygen atoms in total. The number of hydrogen-bond donors (Lipinski definition) is 2. The zero-order chi connectivity index (χ0) is 15.5. The maximum absolute atomic E-state index is 11.0. The number of rotatable bonds is 4. The summed E-state index contributed by atoms with van der Waals surface area (Å²) in [5.74, 6) is -1.12. The molecule has 0 heterocycles. The van der Waals surface area contributed by atoms with Crippen LogP contribution >= 0.6 is 0 Å². The second-order valence-electron chi connectivity index (χ2n) is 5.82. The van der Waals surface area contributed by atoms with Crippen LogP contribution in [0.2, 0.25) is 0 Å². The summed E-state index contributed by atoms with van der Waals surface area (Å²) in [6.45, 7) is 0.401. The Morgan fingerprint density at radius 1 is 1.43 bits per heavy atom. The SMILES string of the molecule is CN(CC1(O)CCC(C(=O)O)CC1)c1ccccc1C#N. The molecule has 1 aliphatic rings. The topological polar surface area (TPSA) is 84.6 Å². The summed E-state index contributed by atoms with van der Waals surface area (Å²) in [6.07, 6.45) is 1.95. The van der Waals surface area contributed by atoms with Gasteiger partial charge in [0.1, 0.15) is 6.07 Å². The standard InChI is InChI=1S/C16H20N2O3/c1-18(14-5-3-2-4-13(14)10-17)11-16(21)8-6-12(7-9-16)15(19)20/h2-5,12,21H,6-9,11H2,1H3,(H,19,20). The van der Waals surface area contributed by atoms with Crippen molar-refractivity contribution in [3.8, 4) is 6.07 Å². The van der Waals surface area contributed by atoms with Crippen LogP contribution in [0.25, 0.3) is 0 Å². The first-order valence-corrected chi connectivity index (χ1v) is 7.11. The molecule has 0 bridgehead atoms. The number of likely N-dealkylation sites (N-methyl/N-ethyl adjacent to an activating group) is 1. The van der Waals surface area contributed by atoms with E-state index >= 15 is 0 Å². The molecule has 2 rings (SSSR count). The molecule has 5 heteroatoms. The Kier molecular flexibility index (Phi) is 4.49. The maximum Gasteiger partial charge on any atom is 0.306 e. The average Bonchev–Trinajstić information content (AvgIpc) is 2.47. The van der Waals surface area contributed by atoms with Crippen LogP contribution in [0.3, 0.4) is 0 Å². The van der Waals surface area contributed by atoms with Crippen LogP contribution < -0.4 is 4.90 Å². The summed E-state index contributed by atoms with van der Waals surface area (Å²) in [7, 11) is 1.84. The van der Waals surface area contributed by atoms with Crippen LogP contribution in [-0.4, -0.2) is 35.4 Å². The molecule has 1 aromatic rings. The first-order chi connectivity index (χ1) is 9.95. The summed E-state index contributed by atoms with van der Waals surface area (Å²) in [6, 6.07) is 9.41. The van der Waals surface area contributed by atoms with Gasteiger partial charge in [-0.2, -0.15) is 5.26 Å². The van der Waals surface area contributed by atoms with Crippen molar-refractivity contribution in [2.75, 3.05) is 18.5 Å². The molecule has 1 saturated carbocycles. The van der Waals surface area contributed by atoms with E-state index in [1.807, 2.05) is 30.1 Å². The van der Waals surface area contributed by atoms with Crippen molar-refractivity contribution in [2.45, 2.75) is 31.3 Å². The molecule has 0 spiro atoms. The summed E-state index contributed by atoms with van der Waals surface area (Å²) in [5, 5.41) is 28.8. The first-order valence-electron chi connectivity index (χ1n) is 7.11. The number of anilines is 1. The second kappa shape index (κ2) is 6.15. The molecule has 0 unspecified atom stereocenters. The van der Waals surface area contributed by atoms with E-state index < -0.39 is 11.6 Å². The number of aliphatic carboxylic acids is 1. The van der Waals surface area contributed by atoms with Crippen molar-refractivity contribution in [1.82, 2.24) is 0 Å². The third-order valence-corrected chi connectivity index (χ3v) is 4.23. The molecule has 21 heavy (non-hydrogen) atoms. The number of carboxylic acid groups (broad SMARTS) is 1. The van der Waals surface area contributed by atoms with Gasteiger partial charge in [-0.3, -0.25) is 4.79 Å². The number of para-hydroxylation sites is 1. The van der Waals surface area contributed by atoms with Gasteiger partial charge in [0.05, 0.1) is 22.8 Å². The molecule has 0 aliphatic heterocycles. The molecule has 112 valence electrons. The molecule has 2 N–H and O–H groups in total. The molecular formula is C16H20N2O3. The average molecular weight is 288 g/mol. The fourth-order valence-corrected chi connectivity index (χ4v) is 2.99. The molecule has 1 fully saturated rings. The molecule has 0 atom stereocenters. The van der Waals surface area contributed by atoms with Gasteiger partial charge in [0, 0.05) is 13.6 Å². The number of benzene rings is 1. The summed E-state index contributed by atoms with van der Waals surface area (Å²) < 4.78 is 0. The van der Waals surface area contributed by atoms with E-state index in [1.54, 1.807) is 6.07 Å². The molecule has 0 aromatic heterocycles.